The first-order chi connectivity index (χ1) is 14.6. The number of aromatic nitrogens is 6. The number of ketones is 1. The van der Waals surface area contributed by atoms with Gasteiger partial charge in [-0.05, 0) is 24.6 Å². The lowest BCUT2D eigenvalue weighted by atomic mass is 10.0. The largest absolute Gasteiger partial charge is 0.361 e. The Bertz CT molecular complexity index is 1380. The zero-order chi connectivity index (χ0) is 20.7. The Balaban J connectivity index is 1.65. The highest BCUT2D eigenvalue weighted by Crippen LogP contribution is 2.20. The van der Waals surface area contributed by atoms with Crippen LogP contribution in [0, 0.1) is 6.92 Å². The van der Waals surface area contributed by atoms with E-state index >= 15 is 0 Å². The summed E-state index contributed by atoms with van der Waals surface area (Å²) in [7, 11) is 0. The number of imidazole rings is 1. The molecular weight excluding hydrogens is 382 g/mol. The van der Waals surface area contributed by atoms with Gasteiger partial charge in [0.25, 0.3) is 5.56 Å². The molecule has 3 aromatic heterocycles. The van der Waals surface area contributed by atoms with Crippen LogP contribution in [-0.4, -0.2) is 35.3 Å². The summed E-state index contributed by atoms with van der Waals surface area (Å²) in [4.78, 5) is 46.0. The van der Waals surface area contributed by atoms with Gasteiger partial charge in [0.1, 0.15) is 23.2 Å². The van der Waals surface area contributed by atoms with E-state index in [0.29, 0.717) is 34.2 Å². The first-order valence-electron chi connectivity index (χ1n) is 9.43. The van der Waals surface area contributed by atoms with Gasteiger partial charge in [0.05, 0.1) is 24.3 Å². The maximum Gasteiger partial charge on any atom is 0.269 e. The molecule has 9 nitrogen and oxygen atoms in total. The molecule has 1 aromatic carbocycles. The van der Waals surface area contributed by atoms with Crippen LogP contribution in [0.2, 0.25) is 0 Å². The van der Waals surface area contributed by atoms with Gasteiger partial charge in [-0.25, -0.2) is 19.9 Å². The van der Waals surface area contributed by atoms with Gasteiger partial charge in [-0.2, -0.15) is 0 Å². The van der Waals surface area contributed by atoms with Gasteiger partial charge in [-0.1, -0.05) is 24.3 Å². The molecule has 0 bridgehead atoms. The molecule has 9 heteroatoms. The predicted molar refractivity (Wildman–Crippen MR) is 112 cm³/mol. The highest BCUT2D eigenvalue weighted by Gasteiger charge is 2.24. The second-order valence-corrected chi connectivity index (χ2v) is 6.92. The number of nitrogens with one attached hydrogen (secondary N) is 2. The number of benzene rings is 1. The Labute approximate surface area is 170 Å². The smallest absolute Gasteiger partial charge is 0.269 e. The molecule has 0 saturated carbocycles. The number of aromatic amines is 1. The van der Waals surface area contributed by atoms with Crippen LogP contribution in [0.4, 0.5) is 5.82 Å². The highest BCUT2D eigenvalue weighted by molar-refractivity contribution is 6.01. The maximum atomic E-state index is 13.4. The van der Waals surface area contributed by atoms with Crippen molar-refractivity contribution >= 4 is 28.8 Å². The number of anilines is 1. The molecule has 0 spiro atoms. The van der Waals surface area contributed by atoms with E-state index in [2.05, 4.69) is 30.2 Å². The summed E-state index contributed by atoms with van der Waals surface area (Å²) < 4.78 is 1.50. The fourth-order valence-corrected chi connectivity index (χ4v) is 3.59. The van der Waals surface area contributed by atoms with Crippen molar-refractivity contribution in [2.45, 2.75) is 19.9 Å². The van der Waals surface area contributed by atoms with Gasteiger partial charge < -0.3 is 10.3 Å². The number of hydrogen-bond acceptors (Lipinski definition) is 7. The van der Waals surface area contributed by atoms with Crippen molar-refractivity contribution in [1.29, 1.82) is 0 Å². The minimum atomic E-state index is -0.366. The van der Waals surface area contributed by atoms with Crippen molar-refractivity contribution in [1.82, 2.24) is 29.5 Å². The maximum absolute atomic E-state index is 13.4. The minimum Gasteiger partial charge on any atom is -0.361 e. The number of para-hydroxylation sites is 1. The number of fused-ring (bicyclic) bond motifs is 2. The zero-order valence-corrected chi connectivity index (χ0v) is 16.1. The Kier molecular flexibility index (Phi) is 4.20. The summed E-state index contributed by atoms with van der Waals surface area (Å²) >= 11 is 0. The normalized spacial score (nSPS) is 12.9. The average Bonchev–Trinajstić information content (AvgIpc) is 3.22. The Hall–Kier alpha value is -4.14. The van der Waals surface area contributed by atoms with Gasteiger partial charge in [0.2, 0.25) is 0 Å². The SMILES string of the molecule is Cc1ccccc1-n1c(CNc2ncnc3nc[nH]c23)nc2c(c1=O)C(=O)CC=C2. The van der Waals surface area contributed by atoms with Crippen LogP contribution in [0.15, 0.2) is 47.8 Å². The lowest BCUT2D eigenvalue weighted by Crippen LogP contribution is -2.32. The summed E-state index contributed by atoms with van der Waals surface area (Å²) in [6.07, 6.45) is 6.61. The number of H-pyrrole nitrogens is 1. The van der Waals surface area contributed by atoms with Crippen LogP contribution in [0.1, 0.15) is 33.9 Å². The van der Waals surface area contributed by atoms with E-state index in [4.69, 9.17) is 0 Å². The van der Waals surface area contributed by atoms with Crippen LogP contribution < -0.4 is 10.9 Å². The van der Waals surface area contributed by atoms with Crippen LogP contribution in [0.3, 0.4) is 0 Å². The summed E-state index contributed by atoms with van der Waals surface area (Å²) in [5, 5.41) is 3.21. The molecule has 1 aliphatic carbocycles. The molecule has 0 radical (unpaired) electrons. The standard InChI is InChI=1S/C21H17N7O2/c1-12-5-2-3-7-14(12)28-16(27-13-6-4-8-15(29)17(13)21(28)30)9-22-19-18-20(24-10-23-18)26-11-25-19/h2-7,10-11H,8-9H2,1H3,(H2,22,23,24,25,26). The number of nitrogens with zero attached hydrogens (tertiary/aromatic N) is 5. The number of Topliss-reactive ketones (excluding diaryl/α,β-unsaturated/α-hetero) is 1. The van der Waals surface area contributed by atoms with Gasteiger partial charge in [0, 0.05) is 6.42 Å². The van der Waals surface area contributed by atoms with E-state index < -0.39 is 0 Å². The molecule has 4 aromatic rings. The molecule has 0 unspecified atom stereocenters. The van der Waals surface area contributed by atoms with E-state index in [1.807, 2.05) is 31.2 Å². The van der Waals surface area contributed by atoms with Gasteiger partial charge in [-0.3, -0.25) is 14.2 Å². The van der Waals surface area contributed by atoms with Crippen molar-refractivity contribution in [3.63, 3.8) is 0 Å². The molecular formula is C21H17N7O2. The predicted octanol–water partition coefficient (Wildman–Crippen LogP) is 2.42. The molecule has 0 amide bonds. The second kappa shape index (κ2) is 7.03. The fourth-order valence-electron chi connectivity index (χ4n) is 3.59. The van der Waals surface area contributed by atoms with Gasteiger partial charge >= 0.3 is 0 Å². The van der Waals surface area contributed by atoms with Crippen LogP contribution in [-0.2, 0) is 6.54 Å². The number of hydrogen-bond donors (Lipinski definition) is 2. The summed E-state index contributed by atoms with van der Waals surface area (Å²) in [5.41, 5.74) is 2.95. The van der Waals surface area contributed by atoms with Crippen molar-refractivity contribution in [3.05, 3.63) is 76.0 Å². The third-order valence-electron chi connectivity index (χ3n) is 5.03. The molecule has 5 rings (SSSR count). The Morgan fingerprint density at radius 3 is 2.90 bits per heavy atom. The average molecular weight is 399 g/mol. The Morgan fingerprint density at radius 2 is 2.03 bits per heavy atom. The van der Waals surface area contributed by atoms with E-state index in [-0.39, 0.29) is 29.9 Å². The third-order valence-corrected chi connectivity index (χ3v) is 5.03. The quantitative estimate of drug-likeness (QED) is 0.541. The molecule has 148 valence electrons. The van der Waals surface area contributed by atoms with Crippen LogP contribution in [0.25, 0.3) is 22.9 Å². The molecule has 2 N–H and O–H groups in total. The number of rotatable bonds is 4. The van der Waals surface area contributed by atoms with Crippen molar-refractivity contribution in [2.75, 3.05) is 5.32 Å². The van der Waals surface area contributed by atoms with Crippen molar-refractivity contribution < 1.29 is 4.79 Å². The highest BCUT2D eigenvalue weighted by atomic mass is 16.1. The van der Waals surface area contributed by atoms with Gasteiger partial charge in [-0.15, -0.1) is 0 Å². The van der Waals surface area contributed by atoms with Crippen molar-refractivity contribution in [3.8, 4) is 5.69 Å². The van der Waals surface area contributed by atoms with E-state index in [9.17, 15) is 9.59 Å². The van der Waals surface area contributed by atoms with Crippen molar-refractivity contribution in [2.24, 2.45) is 0 Å². The molecule has 0 atom stereocenters. The van der Waals surface area contributed by atoms with Crippen LogP contribution >= 0.6 is 0 Å². The summed E-state index contributed by atoms with van der Waals surface area (Å²) in [6, 6.07) is 7.51. The first-order valence-corrected chi connectivity index (χ1v) is 9.43. The topological polar surface area (TPSA) is 118 Å². The molecule has 0 saturated heterocycles. The lowest BCUT2D eigenvalue weighted by molar-refractivity contribution is 0.0992. The second-order valence-electron chi connectivity index (χ2n) is 6.92. The van der Waals surface area contributed by atoms with E-state index in [1.54, 1.807) is 18.5 Å². The summed E-state index contributed by atoms with van der Waals surface area (Å²) in [6.45, 7) is 2.13. The number of allylic oxidation sites excluding steroid dienone is 1. The zero-order valence-electron chi connectivity index (χ0n) is 16.1. The molecule has 3 heterocycles. The minimum absolute atomic E-state index is 0.127. The third kappa shape index (κ3) is 2.87. The molecule has 0 fully saturated rings. The fraction of sp³-hybridized carbons (Fsp3) is 0.143. The number of carbonyl (C=O) groups is 1. The number of carbonyl (C=O) groups excluding carboxylic acids is 1. The van der Waals surface area contributed by atoms with Gasteiger partial charge in [0.15, 0.2) is 17.2 Å². The molecule has 1 aliphatic rings. The van der Waals surface area contributed by atoms with Crippen LogP contribution in [0.5, 0.6) is 0 Å². The number of aryl methyl sites for hydroxylation is 1. The lowest BCUT2D eigenvalue weighted by Gasteiger charge is -2.18. The molecule has 30 heavy (non-hydrogen) atoms. The van der Waals surface area contributed by atoms with E-state index in [0.717, 1.165) is 5.56 Å². The molecule has 0 aliphatic heterocycles. The summed E-state index contributed by atoms with van der Waals surface area (Å²) in [5.74, 6) is 0.799. The first kappa shape index (κ1) is 17.9. The monoisotopic (exact) mass is 399 g/mol. The Morgan fingerprint density at radius 1 is 1.17 bits per heavy atom. The van der Waals surface area contributed by atoms with E-state index in [1.165, 1.54) is 10.9 Å².